The molecule has 0 bridgehead atoms. The first-order valence-electron chi connectivity index (χ1n) is 5.22. The van der Waals surface area contributed by atoms with Crippen LogP contribution in [0.4, 0.5) is 0 Å². The number of carbonyl (C=O) groups excluding carboxylic acids is 1. The summed E-state index contributed by atoms with van der Waals surface area (Å²) in [7, 11) is 2.86. The van der Waals surface area contributed by atoms with Gasteiger partial charge in [-0.25, -0.2) is 0 Å². The predicted molar refractivity (Wildman–Crippen MR) is 69.7 cm³/mol. The highest BCUT2D eigenvalue weighted by Crippen LogP contribution is 2.37. The SMILES string of the molecule is COc1cc(C=O)cc(C(O)C(O)CBr)c1OC. The van der Waals surface area contributed by atoms with Crippen molar-refractivity contribution >= 4 is 22.2 Å². The summed E-state index contributed by atoms with van der Waals surface area (Å²) < 4.78 is 10.2. The van der Waals surface area contributed by atoms with Crippen molar-refractivity contribution in [2.24, 2.45) is 0 Å². The Kier molecular flexibility index (Phi) is 5.58. The highest BCUT2D eigenvalue weighted by atomic mass is 79.9. The molecule has 0 aliphatic heterocycles. The fraction of sp³-hybridized carbons (Fsp3) is 0.417. The summed E-state index contributed by atoms with van der Waals surface area (Å²) in [5.74, 6) is 0.633. The van der Waals surface area contributed by atoms with Gasteiger partial charge in [0.25, 0.3) is 0 Å². The van der Waals surface area contributed by atoms with Crippen molar-refractivity contribution in [1.29, 1.82) is 0 Å². The summed E-state index contributed by atoms with van der Waals surface area (Å²) in [6.07, 6.45) is -1.54. The van der Waals surface area contributed by atoms with E-state index in [4.69, 9.17) is 9.47 Å². The molecule has 2 N–H and O–H groups in total. The molecule has 2 unspecified atom stereocenters. The fourth-order valence-corrected chi connectivity index (χ4v) is 1.95. The van der Waals surface area contributed by atoms with Gasteiger partial charge in [0.2, 0.25) is 0 Å². The lowest BCUT2D eigenvalue weighted by atomic mass is 10.0. The van der Waals surface area contributed by atoms with E-state index in [1.165, 1.54) is 26.4 Å². The van der Waals surface area contributed by atoms with Gasteiger partial charge in [-0.3, -0.25) is 4.79 Å². The molecule has 0 saturated carbocycles. The van der Waals surface area contributed by atoms with E-state index >= 15 is 0 Å². The van der Waals surface area contributed by atoms with E-state index in [1.807, 2.05) is 0 Å². The number of aliphatic hydroxyl groups is 2. The second-order valence-corrected chi connectivity index (χ2v) is 4.28. The minimum Gasteiger partial charge on any atom is -0.493 e. The molecule has 100 valence electrons. The molecule has 0 aliphatic carbocycles. The number of aliphatic hydroxyl groups excluding tert-OH is 2. The monoisotopic (exact) mass is 318 g/mol. The molecular weight excluding hydrogens is 304 g/mol. The minimum atomic E-state index is -1.17. The normalized spacial score (nSPS) is 13.8. The summed E-state index contributed by atoms with van der Waals surface area (Å²) in [5.41, 5.74) is 0.648. The van der Waals surface area contributed by atoms with Crippen molar-refractivity contribution in [3.63, 3.8) is 0 Å². The number of aldehydes is 1. The van der Waals surface area contributed by atoms with Crippen molar-refractivity contribution in [2.45, 2.75) is 12.2 Å². The van der Waals surface area contributed by atoms with Gasteiger partial charge in [-0.05, 0) is 12.1 Å². The molecule has 1 aromatic carbocycles. The molecule has 0 amide bonds. The van der Waals surface area contributed by atoms with Crippen LogP contribution in [0.3, 0.4) is 0 Å². The van der Waals surface area contributed by atoms with E-state index in [0.717, 1.165) is 0 Å². The lowest BCUT2D eigenvalue weighted by molar-refractivity contribution is 0.0325. The number of alkyl halides is 1. The zero-order valence-corrected chi connectivity index (χ0v) is 11.7. The first kappa shape index (κ1) is 14.9. The van der Waals surface area contributed by atoms with E-state index in [-0.39, 0.29) is 5.33 Å². The van der Waals surface area contributed by atoms with E-state index < -0.39 is 12.2 Å². The van der Waals surface area contributed by atoms with E-state index in [1.54, 1.807) is 0 Å². The van der Waals surface area contributed by atoms with E-state index in [2.05, 4.69) is 15.9 Å². The summed E-state index contributed by atoms with van der Waals surface area (Å²) in [5, 5.41) is 19.9. The van der Waals surface area contributed by atoms with Crippen LogP contribution >= 0.6 is 15.9 Å². The van der Waals surface area contributed by atoms with Gasteiger partial charge >= 0.3 is 0 Å². The quantitative estimate of drug-likeness (QED) is 0.611. The molecule has 2 atom stereocenters. The number of rotatable bonds is 6. The number of halogens is 1. The van der Waals surface area contributed by atoms with E-state index in [0.29, 0.717) is 28.9 Å². The van der Waals surface area contributed by atoms with Crippen LogP contribution < -0.4 is 9.47 Å². The highest BCUT2D eigenvalue weighted by molar-refractivity contribution is 9.09. The second kappa shape index (κ2) is 6.72. The molecule has 0 saturated heterocycles. The third-order valence-corrected chi connectivity index (χ3v) is 3.17. The molecule has 1 aromatic rings. The van der Waals surface area contributed by atoms with Crippen LogP contribution in [0, 0.1) is 0 Å². The first-order chi connectivity index (χ1) is 8.58. The first-order valence-corrected chi connectivity index (χ1v) is 6.34. The second-order valence-electron chi connectivity index (χ2n) is 3.63. The summed E-state index contributed by atoms with van der Waals surface area (Å²) >= 11 is 3.08. The zero-order valence-electron chi connectivity index (χ0n) is 10.1. The Bertz CT molecular complexity index is 421. The van der Waals surface area contributed by atoms with Crippen LogP contribution in [0.5, 0.6) is 11.5 Å². The summed E-state index contributed by atoms with van der Waals surface area (Å²) in [4.78, 5) is 10.8. The van der Waals surface area contributed by atoms with Gasteiger partial charge in [0.05, 0.1) is 20.3 Å². The van der Waals surface area contributed by atoms with Crippen LogP contribution in [0.25, 0.3) is 0 Å². The summed E-state index contributed by atoms with van der Waals surface area (Å²) in [6, 6.07) is 2.97. The molecule has 5 nitrogen and oxygen atoms in total. The number of hydrogen-bond acceptors (Lipinski definition) is 5. The van der Waals surface area contributed by atoms with Crippen LogP contribution in [-0.4, -0.2) is 42.2 Å². The Morgan fingerprint density at radius 3 is 2.44 bits per heavy atom. The van der Waals surface area contributed by atoms with Crippen LogP contribution in [-0.2, 0) is 0 Å². The topological polar surface area (TPSA) is 76.0 Å². The molecule has 18 heavy (non-hydrogen) atoms. The third kappa shape index (κ3) is 3.01. The number of benzene rings is 1. The van der Waals surface area contributed by atoms with Gasteiger partial charge in [-0.1, -0.05) is 15.9 Å². The molecule has 0 fully saturated rings. The average molecular weight is 319 g/mol. The average Bonchev–Trinajstić information content (AvgIpc) is 2.43. The Morgan fingerprint density at radius 2 is 2.00 bits per heavy atom. The molecule has 0 aromatic heterocycles. The van der Waals surface area contributed by atoms with Gasteiger partial charge in [0.1, 0.15) is 12.4 Å². The maximum absolute atomic E-state index is 10.8. The smallest absolute Gasteiger partial charge is 0.166 e. The Balaban J connectivity index is 3.34. The highest BCUT2D eigenvalue weighted by Gasteiger charge is 2.24. The van der Waals surface area contributed by atoms with Crippen LogP contribution in [0.15, 0.2) is 12.1 Å². The predicted octanol–water partition coefficient (Wildman–Crippen LogP) is 1.31. The minimum absolute atomic E-state index is 0.199. The van der Waals surface area contributed by atoms with Gasteiger partial charge < -0.3 is 19.7 Å². The molecular formula is C12H15BrO5. The third-order valence-electron chi connectivity index (χ3n) is 2.51. The van der Waals surface area contributed by atoms with Crippen molar-refractivity contribution in [3.8, 4) is 11.5 Å². The molecule has 0 spiro atoms. The van der Waals surface area contributed by atoms with Crippen molar-refractivity contribution < 1.29 is 24.5 Å². The van der Waals surface area contributed by atoms with Gasteiger partial charge in [-0.15, -0.1) is 0 Å². The lowest BCUT2D eigenvalue weighted by Crippen LogP contribution is -2.20. The van der Waals surface area contributed by atoms with E-state index in [9.17, 15) is 15.0 Å². The van der Waals surface area contributed by atoms with Gasteiger partial charge in [-0.2, -0.15) is 0 Å². The largest absolute Gasteiger partial charge is 0.493 e. The molecule has 0 aliphatic rings. The van der Waals surface area contributed by atoms with Crippen molar-refractivity contribution in [1.82, 2.24) is 0 Å². The Hall–Kier alpha value is -1.11. The molecule has 6 heteroatoms. The van der Waals surface area contributed by atoms with Gasteiger partial charge in [0.15, 0.2) is 11.5 Å². The summed E-state index contributed by atoms with van der Waals surface area (Å²) in [6.45, 7) is 0. The van der Waals surface area contributed by atoms with Crippen LogP contribution in [0.1, 0.15) is 22.0 Å². The fourth-order valence-electron chi connectivity index (χ4n) is 1.60. The Morgan fingerprint density at radius 1 is 1.33 bits per heavy atom. The lowest BCUT2D eigenvalue weighted by Gasteiger charge is -2.20. The number of hydrogen-bond donors (Lipinski definition) is 2. The molecule has 0 heterocycles. The Labute approximate surface area is 113 Å². The van der Waals surface area contributed by atoms with Crippen molar-refractivity contribution in [3.05, 3.63) is 23.3 Å². The van der Waals surface area contributed by atoms with Gasteiger partial charge in [0, 0.05) is 16.5 Å². The molecule has 1 rings (SSSR count). The maximum Gasteiger partial charge on any atom is 0.166 e. The number of methoxy groups -OCH3 is 2. The molecule has 0 radical (unpaired) electrons. The standard InChI is InChI=1S/C12H15BrO5/c1-17-10-4-7(6-14)3-8(12(10)18-2)11(16)9(15)5-13/h3-4,6,9,11,15-16H,5H2,1-2H3. The van der Waals surface area contributed by atoms with Crippen molar-refractivity contribution in [2.75, 3.05) is 19.5 Å². The van der Waals surface area contributed by atoms with Crippen LogP contribution in [0.2, 0.25) is 0 Å². The number of carbonyl (C=O) groups is 1. The number of ether oxygens (including phenoxy) is 2. The maximum atomic E-state index is 10.8. The zero-order chi connectivity index (χ0) is 13.7.